The Morgan fingerprint density at radius 3 is 2.81 bits per heavy atom. The van der Waals surface area contributed by atoms with Crippen molar-refractivity contribution in [2.45, 2.75) is 33.4 Å². The van der Waals surface area contributed by atoms with Crippen molar-refractivity contribution in [3.63, 3.8) is 0 Å². The van der Waals surface area contributed by atoms with E-state index in [-0.39, 0.29) is 0 Å². The number of halogens is 1. The van der Waals surface area contributed by atoms with Crippen LogP contribution in [-0.4, -0.2) is 11.0 Å². The van der Waals surface area contributed by atoms with E-state index in [1.54, 1.807) is 0 Å². The molecule has 2 nitrogen and oxygen atoms in total. The van der Waals surface area contributed by atoms with Gasteiger partial charge in [-0.05, 0) is 30.7 Å². The second-order valence-corrected chi connectivity index (χ2v) is 5.37. The number of H-pyrrole nitrogens is 1. The molecule has 2 N–H and O–H groups in total. The molecule has 16 heavy (non-hydrogen) atoms. The van der Waals surface area contributed by atoms with Crippen molar-refractivity contribution < 1.29 is 0 Å². The van der Waals surface area contributed by atoms with Crippen LogP contribution < -0.4 is 5.32 Å². The zero-order valence-electron chi connectivity index (χ0n) is 9.89. The van der Waals surface area contributed by atoms with Gasteiger partial charge in [0.15, 0.2) is 0 Å². The van der Waals surface area contributed by atoms with Crippen molar-refractivity contribution in [3.05, 3.63) is 33.9 Å². The van der Waals surface area contributed by atoms with E-state index >= 15 is 0 Å². The summed E-state index contributed by atoms with van der Waals surface area (Å²) < 4.78 is 1.13. The zero-order valence-corrected chi connectivity index (χ0v) is 11.5. The molecule has 2 rings (SSSR count). The van der Waals surface area contributed by atoms with E-state index in [1.807, 2.05) is 0 Å². The first kappa shape index (κ1) is 11.7. The molecule has 1 aromatic carbocycles. The van der Waals surface area contributed by atoms with Crippen molar-refractivity contribution in [2.75, 3.05) is 0 Å². The van der Waals surface area contributed by atoms with E-state index in [0.29, 0.717) is 6.04 Å². The summed E-state index contributed by atoms with van der Waals surface area (Å²) in [5.41, 5.74) is 3.83. The largest absolute Gasteiger partial charge is 0.358 e. The van der Waals surface area contributed by atoms with E-state index in [1.165, 1.54) is 22.2 Å². The Kier molecular flexibility index (Phi) is 3.36. The van der Waals surface area contributed by atoms with Gasteiger partial charge in [0.1, 0.15) is 0 Å². The van der Waals surface area contributed by atoms with Gasteiger partial charge >= 0.3 is 0 Å². The predicted molar refractivity (Wildman–Crippen MR) is 72.7 cm³/mol. The average molecular weight is 281 g/mol. The molecule has 0 fully saturated rings. The van der Waals surface area contributed by atoms with Gasteiger partial charge in [-0.15, -0.1) is 0 Å². The average Bonchev–Trinajstić information content (AvgIpc) is 2.51. The molecule has 0 bridgehead atoms. The van der Waals surface area contributed by atoms with E-state index < -0.39 is 0 Å². The van der Waals surface area contributed by atoms with E-state index in [9.17, 15) is 0 Å². The number of hydrogen-bond acceptors (Lipinski definition) is 1. The van der Waals surface area contributed by atoms with Gasteiger partial charge in [-0.1, -0.05) is 29.8 Å². The molecule has 0 radical (unpaired) electrons. The molecule has 0 saturated carbocycles. The molecule has 0 aliphatic carbocycles. The van der Waals surface area contributed by atoms with Crippen LogP contribution in [0.4, 0.5) is 0 Å². The molecule has 0 aliphatic heterocycles. The Morgan fingerprint density at radius 2 is 2.12 bits per heavy atom. The lowest BCUT2D eigenvalue weighted by Crippen LogP contribution is -2.22. The van der Waals surface area contributed by atoms with Crippen LogP contribution in [0.15, 0.2) is 22.7 Å². The van der Waals surface area contributed by atoms with Crippen molar-refractivity contribution >= 4 is 26.8 Å². The number of nitrogens with one attached hydrogen (secondary N) is 2. The second-order valence-electron chi connectivity index (χ2n) is 4.45. The van der Waals surface area contributed by atoms with Crippen LogP contribution in [0.25, 0.3) is 10.9 Å². The molecule has 0 atom stereocenters. The maximum atomic E-state index is 3.52. The predicted octanol–water partition coefficient (Wildman–Crippen LogP) is 3.74. The fraction of sp³-hybridized carbons (Fsp3) is 0.385. The topological polar surface area (TPSA) is 27.8 Å². The number of fused-ring (bicyclic) bond motifs is 1. The van der Waals surface area contributed by atoms with Gasteiger partial charge in [0.2, 0.25) is 0 Å². The van der Waals surface area contributed by atoms with Gasteiger partial charge in [0.25, 0.3) is 0 Å². The molecule has 2 aromatic rings. The van der Waals surface area contributed by atoms with E-state index in [2.05, 4.69) is 65.2 Å². The third kappa shape index (κ3) is 2.30. The number of rotatable bonds is 3. The van der Waals surface area contributed by atoms with E-state index in [0.717, 1.165) is 11.0 Å². The summed E-state index contributed by atoms with van der Waals surface area (Å²) in [5.74, 6) is 0. The van der Waals surface area contributed by atoms with Crippen molar-refractivity contribution in [3.8, 4) is 0 Å². The summed E-state index contributed by atoms with van der Waals surface area (Å²) in [5, 5.41) is 4.77. The SMILES string of the molecule is Cc1[nH]c2ccc(Br)cc2c1CNC(C)C. The number of aromatic amines is 1. The lowest BCUT2D eigenvalue weighted by molar-refractivity contribution is 0.589. The first-order valence-electron chi connectivity index (χ1n) is 5.58. The smallest absolute Gasteiger partial charge is 0.0460 e. The van der Waals surface area contributed by atoms with Crippen LogP contribution in [0.3, 0.4) is 0 Å². The summed E-state index contributed by atoms with van der Waals surface area (Å²) in [6.45, 7) is 7.38. The minimum Gasteiger partial charge on any atom is -0.358 e. The second kappa shape index (κ2) is 4.60. The first-order chi connectivity index (χ1) is 7.58. The van der Waals surface area contributed by atoms with Crippen LogP contribution >= 0.6 is 15.9 Å². The number of aryl methyl sites for hydroxylation is 1. The van der Waals surface area contributed by atoms with Gasteiger partial charge in [-0.3, -0.25) is 0 Å². The summed E-state index contributed by atoms with van der Waals surface area (Å²) in [6.07, 6.45) is 0. The standard InChI is InChI=1S/C13H17BrN2/c1-8(2)15-7-12-9(3)16-13-5-4-10(14)6-11(12)13/h4-6,8,15-16H,7H2,1-3H3. The van der Waals surface area contributed by atoms with Crippen molar-refractivity contribution in [1.82, 2.24) is 10.3 Å². The van der Waals surface area contributed by atoms with Crippen LogP contribution in [0, 0.1) is 6.92 Å². The van der Waals surface area contributed by atoms with Gasteiger partial charge in [-0.25, -0.2) is 0 Å². The minimum atomic E-state index is 0.511. The quantitative estimate of drug-likeness (QED) is 0.881. The highest BCUT2D eigenvalue weighted by atomic mass is 79.9. The Bertz CT molecular complexity index is 500. The summed E-state index contributed by atoms with van der Waals surface area (Å²) in [4.78, 5) is 3.42. The van der Waals surface area contributed by atoms with Crippen LogP contribution in [-0.2, 0) is 6.54 Å². The summed E-state index contributed by atoms with van der Waals surface area (Å²) >= 11 is 3.52. The molecule has 0 saturated heterocycles. The van der Waals surface area contributed by atoms with Crippen molar-refractivity contribution in [2.24, 2.45) is 0 Å². The van der Waals surface area contributed by atoms with Crippen LogP contribution in [0.2, 0.25) is 0 Å². The molecule has 86 valence electrons. The van der Waals surface area contributed by atoms with Crippen molar-refractivity contribution in [1.29, 1.82) is 0 Å². The monoisotopic (exact) mass is 280 g/mol. The lowest BCUT2D eigenvalue weighted by atomic mass is 10.1. The number of aromatic nitrogens is 1. The highest BCUT2D eigenvalue weighted by Gasteiger charge is 2.08. The fourth-order valence-corrected chi connectivity index (χ4v) is 2.25. The van der Waals surface area contributed by atoms with Gasteiger partial charge in [-0.2, -0.15) is 0 Å². The third-order valence-electron chi connectivity index (χ3n) is 2.77. The van der Waals surface area contributed by atoms with E-state index in [4.69, 9.17) is 0 Å². The highest BCUT2D eigenvalue weighted by molar-refractivity contribution is 9.10. The molecule has 3 heteroatoms. The van der Waals surface area contributed by atoms with Crippen LogP contribution in [0.1, 0.15) is 25.1 Å². The Balaban J connectivity index is 2.42. The van der Waals surface area contributed by atoms with Gasteiger partial charge < -0.3 is 10.3 Å². The fourth-order valence-electron chi connectivity index (χ4n) is 1.89. The number of hydrogen-bond donors (Lipinski definition) is 2. The summed E-state index contributed by atoms with van der Waals surface area (Å²) in [6, 6.07) is 6.87. The van der Waals surface area contributed by atoms with Crippen LogP contribution in [0.5, 0.6) is 0 Å². The Labute approximate surface area is 105 Å². The normalized spacial score (nSPS) is 11.6. The maximum absolute atomic E-state index is 3.52. The molecule has 0 amide bonds. The molecular weight excluding hydrogens is 264 g/mol. The zero-order chi connectivity index (χ0) is 11.7. The lowest BCUT2D eigenvalue weighted by Gasteiger charge is -2.08. The third-order valence-corrected chi connectivity index (χ3v) is 3.26. The molecule has 0 spiro atoms. The van der Waals surface area contributed by atoms with Gasteiger partial charge in [0, 0.05) is 33.7 Å². The maximum Gasteiger partial charge on any atom is 0.0460 e. The first-order valence-corrected chi connectivity index (χ1v) is 6.37. The molecule has 0 unspecified atom stereocenters. The molecule has 1 aromatic heterocycles. The number of benzene rings is 1. The minimum absolute atomic E-state index is 0.511. The Morgan fingerprint density at radius 1 is 1.38 bits per heavy atom. The van der Waals surface area contributed by atoms with Gasteiger partial charge in [0.05, 0.1) is 0 Å². The summed E-state index contributed by atoms with van der Waals surface area (Å²) in [7, 11) is 0. The highest BCUT2D eigenvalue weighted by Crippen LogP contribution is 2.25. The molecule has 0 aliphatic rings. The molecular formula is C13H17BrN2. The molecule has 1 heterocycles. The Hall–Kier alpha value is -0.800.